The topological polar surface area (TPSA) is 98.0 Å². The van der Waals surface area contributed by atoms with Crippen molar-refractivity contribution in [1.82, 2.24) is 0 Å². The zero-order chi connectivity index (χ0) is 14.7. The van der Waals surface area contributed by atoms with Crippen LogP contribution in [-0.4, -0.2) is 50.6 Å². The van der Waals surface area contributed by atoms with Gasteiger partial charge in [0.1, 0.15) is 5.78 Å². The molecule has 0 aromatic carbocycles. The van der Waals surface area contributed by atoms with Crippen LogP contribution in [0.2, 0.25) is 0 Å². The average Bonchev–Trinajstić information content (AvgIpc) is 2.40. The van der Waals surface area contributed by atoms with E-state index in [4.69, 9.17) is 0 Å². The molecule has 20 heavy (non-hydrogen) atoms. The molecule has 0 amide bonds. The van der Waals surface area contributed by atoms with Crippen LogP contribution in [0.5, 0.6) is 0 Å². The fraction of sp³-hybridized carbons (Fsp3) is 0.933. The first-order valence-corrected chi connectivity index (χ1v) is 7.72. The Morgan fingerprint density at radius 3 is 2.25 bits per heavy atom. The summed E-state index contributed by atoms with van der Waals surface area (Å²) in [6.07, 6.45) is 2.09. The summed E-state index contributed by atoms with van der Waals surface area (Å²) in [6, 6.07) is 0. The van der Waals surface area contributed by atoms with Gasteiger partial charge in [-0.15, -0.1) is 0 Å². The molecule has 2 saturated carbocycles. The lowest BCUT2D eigenvalue weighted by Crippen LogP contribution is -2.37. The first-order chi connectivity index (χ1) is 9.47. The highest BCUT2D eigenvalue weighted by molar-refractivity contribution is 5.81. The predicted octanol–water partition coefficient (Wildman–Crippen LogP) is 0.380. The van der Waals surface area contributed by atoms with E-state index in [0.29, 0.717) is 44.9 Å². The number of hydrogen-bond donors (Lipinski definition) is 4. The quantitative estimate of drug-likeness (QED) is 0.599. The Morgan fingerprint density at radius 2 is 1.60 bits per heavy atom. The van der Waals surface area contributed by atoms with E-state index in [0.717, 1.165) is 6.42 Å². The number of aliphatic hydroxyl groups excluding tert-OH is 4. The van der Waals surface area contributed by atoms with Gasteiger partial charge in [0.05, 0.1) is 24.4 Å². The van der Waals surface area contributed by atoms with Gasteiger partial charge in [-0.2, -0.15) is 0 Å². The Hall–Kier alpha value is -0.490. The van der Waals surface area contributed by atoms with E-state index in [1.165, 1.54) is 0 Å². The summed E-state index contributed by atoms with van der Waals surface area (Å²) >= 11 is 0. The zero-order valence-electron chi connectivity index (χ0n) is 11.8. The van der Waals surface area contributed by atoms with Crippen molar-refractivity contribution in [3.05, 3.63) is 0 Å². The summed E-state index contributed by atoms with van der Waals surface area (Å²) in [6.45, 7) is 0. The van der Waals surface area contributed by atoms with Crippen LogP contribution in [0.15, 0.2) is 0 Å². The van der Waals surface area contributed by atoms with Gasteiger partial charge >= 0.3 is 0 Å². The van der Waals surface area contributed by atoms with E-state index in [1.807, 2.05) is 0 Å². The van der Waals surface area contributed by atoms with Gasteiger partial charge in [-0.25, -0.2) is 0 Å². The van der Waals surface area contributed by atoms with Crippen LogP contribution < -0.4 is 0 Å². The summed E-state index contributed by atoms with van der Waals surface area (Å²) in [4.78, 5) is 12.2. The molecule has 0 aromatic heterocycles. The summed E-state index contributed by atoms with van der Waals surface area (Å²) < 4.78 is 0. The summed E-state index contributed by atoms with van der Waals surface area (Å²) in [5, 5.41) is 38.4. The predicted molar refractivity (Wildman–Crippen MR) is 73.0 cm³/mol. The maximum absolute atomic E-state index is 12.2. The van der Waals surface area contributed by atoms with Crippen LogP contribution in [0, 0.1) is 11.8 Å². The van der Waals surface area contributed by atoms with Gasteiger partial charge in [-0.1, -0.05) is 0 Å². The van der Waals surface area contributed by atoms with Gasteiger partial charge in [0, 0.05) is 12.3 Å². The van der Waals surface area contributed by atoms with Crippen molar-refractivity contribution in [2.24, 2.45) is 11.8 Å². The van der Waals surface area contributed by atoms with E-state index < -0.39 is 24.4 Å². The van der Waals surface area contributed by atoms with Gasteiger partial charge < -0.3 is 20.4 Å². The molecule has 0 radical (unpaired) electrons. The molecule has 2 aliphatic carbocycles. The Balaban J connectivity index is 1.75. The fourth-order valence-electron chi connectivity index (χ4n) is 3.51. The lowest BCUT2D eigenvalue weighted by atomic mass is 9.78. The van der Waals surface area contributed by atoms with E-state index >= 15 is 0 Å². The first kappa shape index (κ1) is 15.9. The second-order valence-electron chi connectivity index (χ2n) is 6.46. The number of Topliss-reactive ketones (excluding diaryl/α,β-unsaturated/α-hetero) is 1. The van der Waals surface area contributed by atoms with E-state index in [-0.39, 0.29) is 17.6 Å². The summed E-state index contributed by atoms with van der Waals surface area (Å²) in [7, 11) is 0. The second kappa shape index (κ2) is 6.98. The number of carbonyl (C=O) groups excluding carboxylic acids is 1. The fourth-order valence-corrected chi connectivity index (χ4v) is 3.51. The van der Waals surface area contributed by atoms with Crippen molar-refractivity contribution in [3.63, 3.8) is 0 Å². The van der Waals surface area contributed by atoms with Crippen LogP contribution in [0.3, 0.4) is 0 Å². The molecule has 0 aromatic rings. The average molecular weight is 286 g/mol. The molecule has 0 heterocycles. The van der Waals surface area contributed by atoms with Gasteiger partial charge in [-0.05, 0) is 50.9 Å². The van der Waals surface area contributed by atoms with Crippen LogP contribution in [0.25, 0.3) is 0 Å². The smallest absolute Gasteiger partial charge is 0.138 e. The molecule has 0 saturated heterocycles. The van der Waals surface area contributed by atoms with Gasteiger partial charge in [0.2, 0.25) is 0 Å². The lowest BCUT2D eigenvalue weighted by molar-refractivity contribution is -0.130. The van der Waals surface area contributed by atoms with Crippen molar-refractivity contribution < 1.29 is 25.2 Å². The van der Waals surface area contributed by atoms with Gasteiger partial charge in [0.15, 0.2) is 0 Å². The van der Waals surface area contributed by atoms with Crippen molar-refractivity contribution in [1.29, 1.82) is 0 Å². The number of hydrogen-bond acceptors (Lipinski definition) is 5. The molecule has 2 fully saturated rings. The molecule has 6 atom stereocenters. The Bertz CT molecular complexity index is 332. The van der Waals surface area contributed by atoms with Crippen molar-refractivity contribution in [2.45, 2.75) is 75.8 Å². The lowest BCUT2D eigenvalue weighted by Gasteiger charge is -2.32. The summed E-state index contributed by atoms with van der Waals surface area (Å²) in [5.74, 6) is 0.0196. The molecule has 0 bridgehead atoms. The standard InChI is InChI=1S/C15H26O5/c16-10-3-4-11(14(19)8-10)12(17)5-1-9-2-6-13(18)15(20)7-9/h9-11,13-16,18-20H,1-8H2. The van der Waals surface area contributed by atoms with Crippen LogP contribution in [0.1, 0.15) is 51.4 Å². The molecule has 5 heteroatoms. The van der Waals surface area contributed by atoms with Crippen LogP contribution >= 0.6 is 0 Å². The second-order valence-corrected chi connectivity index (χ2v) is 6.46. The normalized spacial score (nSPS) is 42.4. The van der Waals surface area contributed by atoms with Crippen molar-refractivity contribution in [3.8, 4) is 0 Å². The highest BCUT2D eigenvalue weighted by Crippen LogP contribution is 2.31. The molecule has 0 spiro atoms. The Morgan fingerprint density at radius 1 is 0.850 bits per heavy atom. The van der Waals surface area contributed by atoms with Crippen molar-refractivity contribution in [2.75, 3.05) is 0 Å². The monoisotopic (exact) mass is 286 g/mol. The molecule has 116 valence electrons. The van der Waals surface area contributed by atoms with Crippen molar-refractivity contribution >= 4 is 5.78 Å². The number of ketones is 1. The minimum atomic E-state index is -0.718. The van der Waals surface area contributed by atoms with Gasteiger partial charge in [0.25, 0.3) is 0 Å². The zero-order valence-corrected chi connectivity index (χ0v) is 11.8. The first-order valence-electron chi connectivity index (χ1n) is 7.72. The molecule has 6 unspecified atom stereocenters. The molecule has 4 N–H and O–H groups in total. The maximum Gasteiger partial charge on any atom is 0.138 e. The molecular formula is C15H26O5. The third kappa shape index (κ3) is 4.01. The molecule has 0 aliphatic heterocycles. The largest absolute Gasteiger partial charge is 0.393 e. The number of aliphatic hydroxyl groups is 4. The number of rotatable bonds is 4. The Labute approximate surface area is 119 Å². The van der Waals surface area contributed by atoms with Crippen LogP contribution in [0.4, 0.5) is 0 Å². The highest BCUT2D eigenvalue weighted by Gasteiger charge is 2.33. The SMILES string of the molecule is O=C(CCC1CCC(O)C(O)C1)C1CCC(O)CC1O. The molecular weight excluding hydrogens is 260 g/mol. The summed E-state index contributed by atoms with van der Waals surface area (Å²) in [5.41, 5.74) is 0. The third-order valence-electron chi connectivity index (χ3n) is 4.89. The molecule has 2 rings (SSSR count). The van der Waals surface area contributed by atoms with E-state index in [1.54, 1.807) is 0 Å². The highest BCUT2D eigenvalue weighted by atomic mass is 16.3. The Kier molecular flexibility index (Phi) is 5.55. The minimum absolute atomic E-state index is 0.0741. The minimum Gasteiger partial charge on any atom is -0.393 e. The van der Waals surface area contributed by atoms with Crippen LogP contribution in [-0.2, 0) is 4.79 Å². The maximum atomic E-state index is 12.2. The van der Waals surface area contributed by atoms with E-state index in [2.05, 4.69) is 0 Å². The molecule has 5 nitrogen and oxygen atoms in total. The molecule has 2 aliphatic rings. The van der Waals surface area contributed by atoms with E-state index in [9.17, 15) is 25.2 Å². The third-order valence-corrected chi connectivity index (χ3v) is 4.89. The number of carbonyl (C=O) groups is 1. The van der Waals surface area contributed by atoms with Gasteiger partial charge in [-0.3, -0.25) is 4.79 Å².